The van der Waals surface area contributed by atoms with Crippen LogP contribution in [0.4, 0.5) is 0 Å². The fraction of sp³-hybridized carbons (Fsp3) is 1.00. The van der Waals surface area contributed by atoms with Gasteiger partial charge in [0.15, 0.2) is 6.29 Å². The Bertz CT molecular complexity index is 138. The molecular weight excluding hydrogens is 160 g/mol. The van der Waals surface area contributed by atoms with Gasteiger partial charge in [0, 0.05) is 20.0 Å². The van der Waals surface area contributed by atoms with E-state index < -0.39 is 0 Å². The Kier molecular flexibility index (Phi) is 2.60. The molecule has 4 heteroatoms. The van der Waals surface area contributed by atoms with Gasteiger partial charge < -0.3 is 18.9 Å². The second kappa shape index (κ2) is 3.70. The summed E-state index contributed by atoms with van der Waals surface area (Å²) in [5.74, 6) is 0. The van der Waals surface area contributed by atoms with E-state index in [0.717, 1.165) is 19.4 Å². The van der Waals surface area contributed by atoms with Crippen molar-refractivity contribution in [2.45, 2.75) is 31.3 Å². The fourth-order valence-electron chi connectivity index (χ4n) is 1.66. The Labute approximate surface area is 71.7 Å². The monoisotopic (exact) mass is 174 g/mol. The van der Waals surface area contributed by atoms with E-state index in [1.165, 1.54) is 0 Å². The van der Waals surface area contributed by atoms with E-state index in [2.05, 4.69) is 0 Å². The molecule has 2 fully saturated rings. The van der Waals surface area contributed by atoms with Gasteiger partial charge in [0.05, 0.1) is 18.8 Å². The summed E-state index contributed by atoms with van der Waals surface area (Å²) in [5.41, 5.74) is 0. The molecule has 0 N–H and O–H groups in total. The van der Waals surface area contributed by atoms with E-state index >= 15 is 0 Å². The molecule has 2 saturated heterocycles. The summed E-state index contributed by atoms with van der Waals surface area (Å²) in [6, 6.07) is 0. The Balaban J connectivity index is 1.78. The van der Waals surface area contributed by atoms with Crippen LogP contribution in [0.2, 0.25) is 0 Å². The van der Waals surface area contributed by atoms with Crippen molar-refractivity contribution >= 4 is 0 Å². The average Bonchev–Trinajstić information content (AvgIpc) is 2.42. The molecule has 4 nitrogen and oxygen atoms in total. The highest BCUT2D eigenvalue weighted by molar-refractivity contribution is 4.78. The molecule has 0 aromatic carbocycles. The normalized spacial score (nSPS) is 40.2. The Morgan fingerprint density at radius 2 is 2.33 bits per heavy atom. The van der Waals surface area contributed by atoms with Crippen molar-refractivity contribution in [2.75, 3.05) is 20.5 Å². The summed E-state index contributed by atoms with van der Waals surface area (Å²) in [6.45, 7) is 1.08. The van der Waals surface area contributed by atoms with Crippen LogP contribution in [-0.4, -0.2) is 39.0 Å². The Morgan fingerprint density at radius 1 is 1.42 bits per heavy atom. The number of hydrogen-bond donors (Lipinski definition) is 0. The summed E-state index contributed by atoms with van der Waals surface area (Å²) in [4.78, 5) is 0. The van der Waals surface area contributed by atoms with Gasteiger partial charge in [-0.05, 0) is 0 Å². The van der Waals surface area contributed by atoms with Gasteiger partial charge in [-0.3, -0.25) is 0 Å². The lowest BCUT2D eigenvalue weighted by Gasteiger charge is -2.25. The molecule has 70 valence electrons. The van der Waals surface area contributed by atoms with Crippen molar-refractivity contribution in [3.8, 4) is 0 Å². The summed E-state index contributed by atoms with van der Waals surface area (Å²) in [5, 5.41) is 0. The third-order valence-electron chi connectivity index (χ3n) is 2.21. The summed E-state index contributed by atoms with van der Waals surface area (Å²) in [6.07, 6.45) is 2.21. The van der Waals surface area contributed by atoms with E-state index in [4.69, 9.17) is 18.9 Å². The first-order chi connectivity index (χ1) is 5.88. The van der Waals surface area contributed by atoms with Gasteiger partial charge in [0.25, 0.3) is 0 Å². The van der Waals surface area contributed by atoms with Gasteiger partial charge in [0.2, 0.25) is 0 Å². The molecular formula is C8H14O4. The topological polar surface area (TPSA) is 36.9 Å². The van der Waals surface area contributed by atoms with Crippen molar-refractivity contribution < 1.29 is 18.9 Å². The number of rotatable bonds is 3. The highest BCUT2D eigenvalue weighted by Gasteiger charge is 2.36. The molecule has 12 heavy (non-hydrogen) atoms. The average molecular weight is 174 g/mol. The minimum absolute atomic E-state index is 0.0365. The third kappa shape index (κ3) is 1.77. The standard InChI is InChI=1S/C8H14O4/c1-9-5-11-6-2-7-4-10-8(3-6)12-7/h6-8H,2-5H2,1H3. The predicted octanol–water partition coefficient (Wildman–Crippen LogP) is 0.511. The zero-order chi connectivity index (χ0) is 8.39. The van der Waals surface area contributed by atoms with Crippen molar-refractivity contribution in [2.24, 2.45) is 0 Å². The molecule has 2 rings (SSSR count). The third-order valence-corrected chi connectivity index (χ3v) is 2.21. The zero-order valence-corrected chi connectivity index (χ0v) is 7.19. The highest BCUT2D eigenvalue weighted by atomic mass is 16.7. The quantitative estimate of drug-likeness (QED) is 0.584. The van der Waals surface area contributed by atoms with Crippen LogP contribution in [0.3, 0.4) is 0 Å². The Morgan fingerprint density at radius 3 is 3.08 bits per heavy atom. The van der Waals surface area contributed by atoms with Gasteiger partial charge in [0.1, 0.15) is 6.79 Å². The minimum atomic E-state index is -0.0365. The van der Waals surface area contributed by atoms with Gasteiger partial charge in [-0.2, -0.15) is 0 Å². The van der Waals surface area contributed by atoms with E-state index in [1.807, 2.05) is 0 Å². The second-order valence-corrected chi connectivity index (χ2v) is 3.19. The van der Waals surface area contributed by atoms with Crippen molar-refractivity contribution in [1.82, 2.24) is 0 Å². The van der Waals surface area contributed by atoms with Crippen molar-refractivity contribution in [1.29, 1.82) is 0 Å². The molecule has 0 radical (unpaired) electrons. The first kappa shape index (κ1) is 8.44. The van der Waals surface area contributed by atoms with Crippen LogP contribution < -0.4 is 0 Å². The van der Waals surface area contributed by atoms with Crippen LogP contribution in [0, 0.1) is 0 Å². The van der Waals surface area contributed by atoms with Crippen LogP contribution in [0.25, 0.3) is 0 Å². The maximum Gasteiger partial charge on any atom is 0.160 e. The van der Waals surface area contributed by atoms with E-state index in [9.17, 15) is 0 Å². The zero-order valence-electron chi connectivity index (χ0n) is 7.19. The van der Waals surface area contributed by atoms with Crippen LogP contribution in [0.15, 0.2) is 0 Å². The van der Waals surface area contributed by atoms with Crippen LogP contribution in [0.1, 0.15) is 12.8 Å². The summed E-state index contributed by atoms with van der Waals surface area (Å²) >= 11 is 0. The second-order valence-electron chi connectivity index (χ2n) is 3.19. The lowest BCUT2D eigenvalue weighted by molar-refractivity contribution is -0.156. The number of ether oxygens (including phenoxy) is 4. The highest BCUT2D eigenvalue weighted by Crippen LogP contribution is 2.28. The maximum atomic E-state index is 5.46. The first-order valence-electron chi connectivity index (χ1n) is 4.26. The van der Waals surface area contributed by atoms with Crippen molar-refractivity contribution in [3.63, 3.8) is 0 Å². The molecule has 3 unspecified atom stereocenters. The van der Waals surface area contributed by atoms with E-state index in [1.54, 1.807) is 7.11 Å². The van der Waals surface area contributed by atoms with Gasteiger partial charge >= 0.3 is 0 Å². The largest absolute Gasteiger partial charge is 0.359 e. The van der Waals surface area contributed by atoms with E-state index in [0.29, 0.717) is 6.79 Å². The molecule has 0 aromatic rings. The molecule has 3 atom stereocenters. The molecule has 0 spiro atoms. The lowest BCUT2D eigenvalue weighted by Crippen LogP contribution is -2.31. The molecule has 2 heterocycles. The predicted molar refractivity (Wildman–Crippen MR) is 40.6 cm³/mol. The fourth-order valence-corrected chi connectivity index (χ4v) is 1.66. The van der Waals surface area contributed by atoms with Crippen LogP contribution in [0.5, 0.6) is 0 Å². The number of hydrogen-bond acceptors (Lipinski definition) is 4. The van der Waals surface area contributed by atoms with Crippen LogP contribution >= 0.6 is 0 Å². The van der Waals surface area contributed by atoms with Crippen molar-refractivity contribution in [3.05, 3.63) is 0 Å². The molecule has 0 amide bonds. The smallest absolute Gasteiger partial charge is 0.160 e. The summed E-state index contributed by atoms with van der Waals surface area (Å²) < 4.78 is 21.1. The van der Waals surface area contributed by atoms with Gasteiger partial charge in [-0.1, -0.05) is 0 Å². The number of fused-ring (bicyclic) bond motifs is 2. The number of methoxy groups -OCH3 is 1. The SMILES string of the molecule is COCOC1CC2COC(C1)O2. The molecule has 2 aliphatic rings. The molecule has 0 aromatic heterocycles. The van der Waals surface area contributed by atoms with Gasteiger partial charge in [-0.25, -0.2) is 0 Å². The Hall–Kier alpha value is -0.160. The maximum absolute atomic E-state index is 5.46. The minimum Gasteiger partial charge on any atom is -0.359 e. The molecule has 2 bridgehead atoms. The molecule has 0 aliphatic carbocycles. The van der Waals surface area contributed by atoms with E-state index in [-0.39, 0.29) is 18.5 Å². The first-order valence-corrected chi connectivity index (χ1v) is 4.26. The van der Waals surface area contributed by atoms with Crippen LogP contribution in [-0.2, 0) is 18.9 Å². The molecule has 2 aliphatic heterocycles. The summed E-state index contributed by atoms with van der Waals surface area (Å²) in [7, 11) is 1.63. The lowest BCUT2D eigenvalue weighted by atomic mass is 10.1. The molecule has 0 saturated carbocycles. The van der Waals surface area contributed by atoms with Gasteiger partial charge in [-0.15, -0.1) is 0 Å².